The number of aliphatic hydroxyl groups excluding tert-OH is 1. The maximum Gasteiger partial charge on any atom is 0.246 e. The van der Waals surface area contributed by atoms with Crippen molar-refractivity contribution >= 4 is 23.6 Å². The lowest BCUT2D eigenvalue weighted by molar-refractivity contribution is -0.133. The summed E-state index contributed by atoms with van der Waals surface area (Å²) in [6.07, 6.45) is 6.64. The van der Waals surface area contributed by atoms with Gasteiger partial charge in [-0.25, -0.2) is 0 Å². The quantitative estimate of drug-likeness (QED) is 0.854. The minimum absolute atomic E-state index is 0.0843. The van der Waals surface area contributed by atoms with Crippen LogP contribution in [0, 0.1) is 0 Å². The van der Waals surface area contributed by atoms with Gasteiger partial charge in [-0.1, -0.05) is 23.7 Å². The minimum atomic E-state index is -0.515. The first-order valence-electron chi connectivity index (χ1n) is 8.44. The monoisotopic (exact) mass is 359 g/mol. The molecule has 1 N–H and O–H groups in total. The van der Waals surface area contributed by atoms with E-state index in [4.69, 9.17) is 11.6 Å². The van der Waals surface area contributed by atoms with Crippen LogP contribution in [0.2, 0.25) is 5.02 Å². The van der Waals surface area contributed by atoms with Crippen LogP contribution in [0.5, 0.6) is 0 Å². The minimum Gasteiger partial charge on any atom is -0.391 e. The Morgan fingerprint density at radius 2 is 2.12 bits per heavy atom. The molecule has 2 atom stereocenters. The van der Waals surface area contributed by atoms with Gasteiger partial charge in [0.25, 0.3) is 0 Å². The number of aliphatic hydroxyl groups is 1. The summed E-state index contributed by atoms with van der Waals surface area (Å²) in [7, 11) is 1.83. The van der Waals surface area contributed by atoms with Crippen molar-refractivity contribution in [3.8, 4) is 0 Å². The molecule has 1 fully saturated rings. The van der Waals surface area contributed by atoms with Crippen molar-refractivity contribution in [2.24, 2.45) is 7.05 Å². The number of carbonyl (C=O) groups excluding carboxylic acids is 1. The lowest BCUT2D eigenvalue weighted by Gasteiger charge is -2.38. The summed E-state index contributed by atoms with van der Waals surface area (Å²) in [5.74, 6) is -0.0843. The Bertz CT molecular complexity index is 754. The highest BCUT2D eigenvalue weighted by Crippen LogP contribution is 2.23. The van der Waals surface area contributed by atoms with Gasteiger partial charge in [0.2, 0.25) is 5.91 Å². The third-order valence-corrected chi connectivity index (χ3v) is 4.89. The Morgan fingerprint density at radius 1 is 1.36 bits per heavy atom. The van der Waals surface area contributed by atoms with Gasteiger partial charge in [-0.3, -0.25) is 9.48 Å². The van der Waals surface area contributed by atoms with Gasteiger partial charge in [-0.2, -0.15) is 5.10 Å². The van der Waals surface area contributed by atoms with E-state index in [1.807, 2.05) is 37.4 Å². The second-order valence-electron chi connectivity index (χ2n) is 6.35. The maximum atomic E-state index is 12.7. The van der Waals surface area contributed by atoms with Crippen molar-refractivity contribution in [2.45, 2.75) is 31.4 Å². The fourth-order valence-corrected chi connectivity index (χ4v) is 3.34. The maximum absolute atomic E-state index is 12.7. The predicted octanol–water partition coefficient (Wildman–Crippen LogP) is 2.68. The molecule has 5 nitrogen and oxygen atoms in total. The Labute approximate surface area is 152 Å². The van der Waals surface area contributed by atoms with Gasteiger partial charge in [-0.15, -0.1) is 0 Å². The van der Waals surface area contributed by atoms with Crippen molar-refractivity contribution in [3.05, 3.63) is 58.9 Å². The van der Waals surface area contributed by atoms with Gasteiger partial charge in [0.1, 0.15) is 0 Å². The molecule has 0 unspecified atom stereocenters. The van der Waals surface area contributed by atoms with Crippen molar-refractivity contribution in [3.63, 3.8) is 0 Å². The van der Waals surface area contributed by atoms with Gasteiger partial charge in [0.05, 0.1) is 17.8 Å². The number of piperidine rings is 1. The highest BCUT2D eigenvalue weighted by atomic mass is 35.5. The number of nitrogens with zero attached hydrogens (tertiary/aromatic N) is 3. The molecule has 2 heterocycles. The van der Waals surface area contributed by atoms with Crippen LogP contribution in [-0.2, 0) is 18.3 Å². The predicted molar refractivity (Wildman–Crippen MR) is 98.1 cm³/mol. The lowest BCUT2D eigenvalue weighted by atomic mass is 9.93. The molecule has 1 saturated heterocycles. The van der Waals surface area contributed by atoms with Gasteiger partial charge < -0.3 is 10.0 Å². The van der Waals surface area contributed by atoms with Crippen LogP contribution in [0.3, 0.4) is 0 Å². The van der Waals surface area contributed by atoms with Crippen LogP contribution >= 0.6 is 11.6 Å². The van der Waals surface area contributed by atoms with Crippen molar-refractivity contribution in [1.82, 2.24) is 14.7 Å². The molecule has 6 heteroatoms. The zero-order valence-corrected chi connectivity index (χ0v) is 14.9. The standard InChI is InChI=1S/C19H22ClN3O2/c1-22-16(10-11-21-22)8-9-19(25)23-12-2-3-18(24)17(23)13-14-4-6-15(20)7-5-14/h4-11,17-18,24H,2-3,12-13H2,1H3/b9-8+/t17-,18-/m0/s1. The number of aryl methyl sites for hydroxylation is 1. The molecule has 0 radical (unpaired) electrons. The number of carbonyl (C=O) groups is 1. The van der Waals surface area contributed by atoms with E-state index in [9.17, 15) is 9.90 Å². The number of hydrogen-bond donors (Lipinski definition) is 1. The van der Waals surface area contributed by atoms with Crippen molar-refractivity contribution in [1.29, 1.82) is 0 Å². The number of halogens is 1. The van der Waals surface area contributed by atoms with E-state index in [0.29, 0.717) is 24.4 Å². The van der Waals surface area contributed by atoms with Gasteiger partial charge >= 0.3 is 0 Å². The third-order valence-electron chi connectivity index (χ3n) is 4.64. The number of aromatic nitrogens is 2. The fourth-order valence-electron chi connectivity index (χ4n) is 3.22. The fraction of sp³-hybridized carbons (Fsp3) is 0.368. The van der Waals surface area contributed by atoms with Gasteiger partial charge in [-0.05, 0) is 49.1 Å². The summed E-state index contributed by atoms with van der Waals surface area (Å²) >= 11 is 5.93. The summed E-state index contributed by atoms with van der Waals surface area (Å²) < 4.78 is 1.71. The molecule has 132 valence electrons. The van der Waals surface area contributed by atoms with Crippen LogP contribution in [0.25, 0.3) is 6.08 Å². The Morgan fingerprint density at radius 3 is 2.80 bits per heavy atom. The van der Waals surface area contributed by atoms with E-state index in [1.165, 1.54) is 0 Å². The molecule has 25 heavy (non-hydrogen) atoms. The van der Waals surface area contributed by atoms with E-state index < -0.39 is 6.10 Å². The Hall–Kier alpha value is -2.11. The Kier molecular flexibility index (Phi) is 5.56. The van der Waals surface area contributed by atoms with Gasteiger partial charge in [0.15, 0.2) is 0 Å². The Balaban J connectivity index is 1.74. The average Bonchev–Trinajstić information content (AvgIpc) is 3.01. The zero-order valence-electron chi connectivity index (χ0n) is 14.2. The highest BCUT2D eigenvalue weighted by molar-refractivity contribution is 6.30. The second kappa shape index (κ2) is 7.85. The summed E-state index contributed by atoms with van der Waals surface area (Å²) in [6.45, 7) is 0.657. The van der Waals surface area contributed by atoms with Crippen LogP contribution < -0.4 is 0 Å². The smallest absolute Gasteiger partial charge is 0.246 e. The molecule has 0 spiro atoms. The molecule has 0 aliphatic carbocycles. The van der Waals surface area contributed by atoms with Crippen LogP contribution in [0.1, 0.15) is 24.1 Å². The summed E-state index contributed by atoms with van der Waals surface area (Å²) in [5, 5.41) is 15.2. The molecule has 1 amide bonds. The van der Waals surface area contributed by atoms with Crippen molar-refractivity contribution < 1.29 is 9.90 Å². The third kappa shape index (κ3) is 4.30. The summed E-state index contributed by atoms with van der Waals surface area (Å²) in [5.41, 5.74) is 1.92. The molecule has 1 aromatic carbocycles. The van der Waals surface area contributed by atoms with E-state index in [2.05, 4.69) is 5.10 Å². The molecule has 0 bridgehead atoms. The number of amides is 1. The SMILES string of the molecule is Cn1nccc1/C=C/C(=O)N1CCC[C@H](O)[C@@H]1Cc1ccc(Cl)cc1. The molecule has 1 aromatic heterocycles. The second-order valence-corrected chi connectivity index (χ2v) is 6.79. The molecular weight excluding hydrogens is 338 g/mol. The number of rotatable bonds is 4. The van der Waals surface area contributed by atoms with E-state index >= 15 is 0 Å². The van der Waals surface area contributed by atoms with Crippen LogP contribution in [0.15, 0.2) is 42.6 Å². The molecular formula is C19H22ClN3O2. The molecule has 3 rings (SSSR count). The van der Waals surface area contributed by atoms with Gasteiger partial charge in [0, 0.05) is 30.9 Å². The topological polar surface area (TPSA) is 58.4 Å². The lowest BCUT2D eigenvalue weighted by Crippen LogP contribution is -2.51. The van der Waals surface area contributed by atoms with E-state index in [-0.39, 0.29) is 11.9 Å². The first kappa shape index (κ1) is 17.7. The zero-order chi connectivity index (χ0) is 17.8. The number of benzene rings is 1. The molecule has 1 aliphatic heterocycles. The van der Waals surface area contributed by atoms with Crippen LogP contribution in [-0.4, -0.2) is 44.4 Å². The summed E-state index contributed by atoms with van der Waals surface area (Å²) in [4.78, 5) is 14.5. The number of likely N-dealkylation sites (tertiary alicyclic amines) is 1. The molecule has 1 aliphatic rings. The molecule has 0 saturated carbocycles. The molecule has 2 aromatic rings. The first-order chi connectivity index (χ1) is 12.0. The average molecular weight is 360 g/mol. The van der Waals surface area contributed by atoms with Crippen LogP contribution in [0.4, 0.5) is 0 Å². The van der Waals surface area contributed by atoms with E-state index in [1.54, 1.807) is 27.9 Å². The van der Waals surface area contributed by atoms with E-state index in [0.717, 1.165) is 17.7 Å². The highest BCUT2D eigenvalue weighted by Gasteiger charge is 2.32. The number of hydrogen-bond acceptors (Lipinski definition) is 3. The van der Waals surface area contributed by atoms with Crippen molar-refractivity contribution in [2.75, 3.05) is 6.54 Å². The first-order valence-corrected chi connectivity index (χ1v) is 8.81. The largest absolute Gasteiger partial charge is 0.391 e. The summed E-state index contributed by atoms with van der Waals surface area (Å²) in [6, 6.07) is 9.18. The normalized spacial score (nSPS) is 21.0.